The molecule has 0 bridgehead atoms. The zero-order valence-electron chi connectivity index (χ0n) is 16.0. The number of nitrogens with zero attached hydrogens (tertiary/aromatic N) is 3. The van der Waals surface area contributed by atoms with Crippen molar-refractivity contribution < 1.29 is 8.42 Å². The van der Waals surface area contributed by atoms with Crippen molar-refractivity contribution >= 4 is 39.8 Å². The highest BCUT2D eigenvalue weighted by Crippen LogP contribution is 2.23. The molecule has 1 heterocycles. The van der Waals surface area contributed by atoms with E-state index >= 15 is 0 Å². The van der Waals surface area contributed by atoms with Crippen LogP contribution in [0.5, 0.6) is 0 Å². The van der Waals surface area contributed by atoms with Crippen LogP contribution in [-0.2, 0) is 9.84 Å². The number of likely N-dealkylation sites (N-methyl/N-ethyl adjacent to an activating group) is 1. The van der Waals surface area contributed by atoms with E-state index in [-0.39, 0.29) is 29.7 Å². The summed E-state index contributed by atoms with van der Waals surface area (Å²) in [4.78, 5) is 9.08. The van der Waals surface area contributed by atoms with E-state index in [0.717, 1.165) is 25.5 Å². The van der Waals surface area contributed by atoms with Crippen LogP contribution in [0.2, 0.25) is 0 Å². The van der Waals surface area contributed by atoms with Gasteiger partial charge in [0.1, 0.15) is 0 Å². The molecule has 0 aromatic rings. The maximum absolute atomic E-state index is 12.1. The van der Waals surface area contributed by atoms with Crippen LogP contribution in [0.15, 0.2) is 4.99 Å². The summed E-state index contributed by atoms with van der Waals surface area (Å²) < 4.78 is 23.6. The van der Waals surface area contributed by atoms with Crippen LogP contribution >= 0.6 is 24.0 Å². The highest BCUT2D eigenvalue weighted by Gasteiger charge is 2.40. The van der Waals surface area contributed by atoms with E-state index in [1.165, 1.54) is 0 Å². The van der Waals surface area contributed by atoms with Gasteiger partial charge in [-0.25, -0.2) is 8.42 Å². The van der Waals surface area contributed by atoms with Gasteiger partial charge in [-0.3, -0.25) is 4.99 Å². The molecule has 0 aliphatic carbocycles. The summed E-state index contributed by atoms with van der Waals surface area (Å²) in [5.74, 6) is 1.02. The van der Waals surface area contributed by atoms with E-state index < -0.39 is 14.6 Å². The van der Waals surface area contributed by atoms with E-state index in [9.17, 15) is 8.42 Å². The Balaban J connectivity index is 0.00000529. The third kappa shape index (κ3) is 6.33. The lowest BCUT2D eigenvalue weighted by Crippen LogP contribution is -2.57. The van der Waals surface area contributed by atoms with Crippen molar-refractivity contribution in [2.75, 3.05) is 45.5 Å². The molecule has 1 N–H and O–H groups in total. The molecular formula is C16H35IN4O2S. The van der Waals surface area contributed by atoms with Gasteiger partial charge < -0.3 is 15.1 Å². The molecule has 1 aliphatic rings. The van der Waals surface area contributed by atoms with Crippen LogP contribution in [0.25, 0.3) is 0 Å². The van der Waals surface area contributed by atoms with Gasteiger partial charge in [0.05, 0.1) is 17.0 Å². The van der Waals surface area contributed by atoms with Gasteiger partial charge in [-0.2, -0.15) is 0 Å². The molecular weight excluding hydrogens is 439 g/mol. The molecule has 0 spiro atoms. The van der Waals surface area contributed by atoms with Crippen molar-refractivity contribution in [3.63, 3.8) is 0 Å². The number of hydrogen-bond acceptors (Lipinski definition) is 4. The summed E-state index contributed by atoms with van der Waals surface area (Å²) in [6, 6.07) is 0.548. The van der Waals surface area contributed by atoms with E-state index in [2.05, 4.69) is 36.0 Å². The Morgan fingerprint density at radius 3 is 2.50 bits per heavy atom. The molecule has 144 valence electrons. The Kier molecular flexibility index (Phi) is 10.1. The van der Waals surface area contributed by atoms with Gasteiger partial charge in [-0.05, 0) is 41.2 Å². The number of halogens is 1. The number of nitrogens with one attached hydrogen (secondary N) is 1. The van der Waals surface area contributed by atoms with Gasteiger partial charge in [0.15, 0.2) is 15.8 Å². The largest absolute Gasteiger partial charge is 0.357 e. The summed E-state index contributed by atoms with van der Waals surface area (Å²) in [5, 5.41) is 3.30. The first-order chi connectivity index (χ1) is 10.6. The molecule has 0 radical (unpaired) electrons. The highest BCUT2D eigenvalue weighted by atomic mass is 127. The van der Waals surface area contributed by atoms with Crippen molar-refractivity contribution in [2.45, 2.75) is 51.8 Å². The SMILES string of the molecule is CCNC(=NCCN(C)C(C)CC)N1CCS(=O)(=O)C(C)(C)C1.I. The molecule has 0 aromatic heterocycles. The van der Waals surface area contributed by atoms with Crippen LogP contribution < -0.4 is 5.32 Å². The van der Waals surface area contributed by atoms with E-state index in [0.29, 0.717) is 25.7 Å². The van der Waals surface area contributed by atoms with Gasteiger partial charge in [-0.1, -0.05) is 6.92 Å². The topological polar surface area (TPSA) is 65.0 Å². The summed E-state index contributed by atoms with van der Waals surface area (Å²) in [6.07, 6.45) is 1.12. The Hall–Kier alpha value is -0.0900. The predicted molar refractivity (Wildman–Crippen MR) is 113 cm³/mol. The zero-order valence-corrected chi connectivity index (χ0v) is 19.1. The Morgan fingerprint density at radius 1 is 1.38 bits per heavy atom. The maximum Gasteiger partial charge on any atom is 0.194 e. The van der Waals surface area contributed by atoms with Crippen molar-refractivity contribution in [3.05, 3.63) is 0 Å². The molecule has 1 atom stereocenters. The van der Waals surface area contributed by atoms with E-state index in [1.807, 2.05) is 6.92 Å². The van der Waals surface area contributed by atoms with Crippen LogP contribution in [0.1, 0.15) is 41.0 Å². The van der Waals surface area contributed by atoms with Gasteiger partial charge in [0.2, 0.25) is 0 Å². The third-order valence-corrected chi connectivity index (χ3v) is 7.27. The minimum absolute atomic E-state index is 0. The number of rotatable bonds is 6. The Bertz CT molecular complexity index is 508. The summed E-state index contributed by atoms with van der Waals surface area (Å²) in [5.41, 5.74) is 0. The van der Waals surface area contributed by atoms with E-state index in [4.69, 9.17) is 4.99 Å². The van der Waals surface area contributed by atoms with Crippen molar-refractivity contribution in [1.29, 1.82) is 0 Å². The molecule has 1 fully saturated rings. The fourth-order valence-corrected chi connectivity index (χ4v) is 3.96. The first-order valence-corrected chi connectivity index (χ1v) is 10.3. The molecule has 1 saturated heterocycles. The van der Waals surface area contributed by atoms with Crippen molar-refractivity contribution in [1.82, 2.24) is 15.1 Å². The molecule has 1 unspecified atom stereocenters. The van der Waals surface area contributed by atoms with Crippen LogP contribution in [0.4, 0.5) is 0 Å². The van der Waals surface area contributed by atoms with Gasteiger partial charge >= 0.3 is 0 Å². The molecule has 6 nitrogen and oxygen atoms in total. The quantitative estimate of drug-likeness (QED) is 0.362. The smallest absolute Gasteiger partial charge is 0.194 e. The van der Waals surface area contributed by atoms with Crippen LogP contribution in [0.3, 0.4) is 0 Å². The summed E-state index contributed by atoms with van der Waals surface area (Å²) >= 11 is 0. The number of sulfone groups is 1. The number of aliphatic imine (C=N–C) groups is 1. The monoisotopic (exact) mass is 474 g/mol. The van der Waals surface area contributed by atoms with E-state index in [1.54, 1.807) is 13.8 Å². The first kappa shape index (κ1) is 23.9. The highest BCUT2D eigenvalue weighted by molar-refractivity contribution is 14.0. The van der Waals surface area contributed by atoms with Crippen LogP contribution in [-0.4, -0.2) is 80.5 Å². The molecule has 24 heavy (non-hydrogen) atoms. The lowest BCUT2D eigenvalue weighted by molar-refractivity contribution is 0.258. The number of hydrogen-bond donors (Lipinski definition) is 1. The van der Waals surface area contributed by atoms with Crippen molar-refractivity contribution in [3.8, 4) is 0 Å². The minimum Gasteiger partial charge on any atom is -0.357 e. The fraction of sp³-hybridized carbons (Fsp3) is 0.938. The second kappa shape index (κ2) is 10.2. The van der Waals surface area contributed by atoms with Crippen molar-refractivity contribution in [2.24, 2.45) is 4.99 Å². The normalized spacial score (nSPS) is 21.3. The molecule has 0 amide bonds. The van der Waals surface area contributed by atoms with Gasteiger partial charge in [0.25, 0.3) is 0 Å². The predicted octanol–water partition coefficient (Wildman–Crippen LogP) is 1.81. The average Bonchev–Trinajstić information content (AvgIpc) is 2.48. The lowest BCUT2D eigenvalue weighted by Gasteiger charge is -2.39. The lowest BCUT2D eigenvalue weighted by atomic mass is 10.2. The third-order valence-electron chi connectivity index (χ3n) is 4.74. The second-order valence-electron chi connectivity index (χ2n) is 6.97. The Morgan fingerprint density at radius 2 is 2.00 bits per heavy atom. The summed E-state index contributed by atoms with van der Waals surface area (Å²) in [6.45, 7) is 13.4. The fourth-order valence-electron chi connectivity index (χ4n) is 2.60. The molecule has 1 aliphatic heterocycles. The molecule has 8 heteroatoms. The molecule has 0 saturated carbocycles. The summed E-state index contributed by atoms with van der Waals surface area (Å²) in [7, 11) is -0.905. The zero-order chi connectivity index (χ0) is 17.7. The average molecular weight is 474 g/mol. The Labute approximate surface area is 165 Å². The van der Waals surface area contributed by atoms with Gasteiger partial charge in [-0.15, -0.1) is 24.0 Å². The number of guanidine groups is 1. The van der Waals surface area contributed by atoms with Gasteiger partial charge in [0, 0.05) is 32.2 Å². The van der Waals surface area contributed by atoms with Crippen LogP contribution in [0, 0.1) is 0 Å². The minimum atomic E-state index is -3.02. The molecule has 1 rings (SSSR count). The standard InChI is InChI=1S/C16H34N4O2S.HI/c1-7-14(3)19(6)10-9-18-15(17-8-2)20-11-12-23(21,22)16(4,5)13-20;/h14H,7-13H2,1-6H3,(H,17,18);1H. The maximum atomic E-state index is 12.1. The second-order valence-corrected chi connectivity index (χ2v) is 9.72. The molecule has 0 aromatic carbocycles. The first-order valence-electron chi connectivity index (χ1n) is 8.60.